The molecular formula is C31H34N2O4. The highest BCUT2D eigenvalue weighted by atomic mass is 16.7. The van der Waals surface area contributed by atoms with Gasteiger partial charge in [0, 0.05) is 31.3 Å². The highest BCUT2D eigenvalue weighted by Gasteiger charge is 2.27. The molecule has 0 bridgehead atoms. The number of nitrogens with zero attached hydrogens (tertiary/aromatic N) is 2. The van der Waals surface area contributed by atoms with Gasteiger partial charge in [0.05, 0.1) is 6.10 Å². The van der Waals surface area contributed by atoms with Crippen LogP contribution in [0.3, 0.4) is 0 Å². The van der Waals surface area contributed by atoms with E-state index in [1.807, 2.05) is 42.5 Å². The smallest absolute Gasteiger partial charge is 0.410 e. The molecule has 3 aromatic rings. The van der Waals surface area contributed by atoms with E-state index in [4.69, 9.17) is 19.2 Å². The van der Waals surface area contributed by atoms with Crippen molar-refractivity contribution in [1.82, 2.24) is 4.90 Å². The Balaban J connectivity index is 1.15. The molecule has 0 fully saturated rings. The number of rotatable bonds is 8. The summed E-state index contributed by atoms with van der Waals surface area (Å²) in [4.78, 5) is 19.2. The van der Waals surface area contributed by atoms with Gasteiger partial charge in [-0.3, -0.25) is 4.99 Å². The zero-order chi connectivity index (χ0) is 25.6. The van der Waals surface area contributed by atoms with Crippen LogP contribution in [0.4, 0.5) is 4.79 Å². The third-order valence-corrected chi connectivity index (χ3v) is 7.26. The minimum atomic E-state index is -0.292. The maximum Gasteiger partial charge on any atom is 0.410 e. The predicted octanol–water partition coefficient (Wildman–Crippen LogP) is 6.12. The van der Waals surface area contributed by atoms with Crippen LogP contribution in [0.5, 0.6) is 5.75 Å². The molecule has 2 unspecified atom stereocenters. The molecule has 2 aliphatic rings. The number of carbonyl (C=O) groups excluding carboxylic acids is 1. The SMILES string of the molecule is CCC1=NCC(C(C)OCOc2ccc3c(c2)CN(C(=O)OCc2ccccc2)CC3)c2ccccc21. The summed E-state index contributed by atoms with van der Waals surface area (Å²) in [5.74, 6) is 0.940. The molecule has 6 nitrogen and oxygen atoms in total. The molecule has 1 amide bonds. The summed E-state index contributed by atoms with van der Waals surface area (Å²) in [7, 11) is 0. The van der Waals surface area contributed by atoms with Gasteiger partial charge in [0.15, 0.2) is 6.79 Å². The van der Waals surface area contributed by atoms with Gasteiger partial charge in [-0.1, -0.05) is 67.6 Å². The third kappa shape index (κ3) is 5.86. The average molecular weight is 499 g/mol. The molecule has 0 radical (unpaired) electrons. The molecule has 192 valence electrons. The second-order valence-corrected chi connectivity index (χ2v) is 9.61. The number of hydrogen-bond acceptors (Lipinski definition) is 5. The molecule has 5 rings (SSSR count). The summed E-state index contributed by atoms with van der Waals surface area (Å²) in [6, 6.07) is 24.3. The number of carbonyl (C=O) groups is 1. The topological polar surface area (TPSA) is 60.4 Å². The second kappa shape index (κ2) is 11.6. The van der Waals surface area contributed by atoms with E-state index in [0.29, 0.717) is 13.1 Å². The normalized spacial score (nSPS) is 17.3. The van der Waals surface area contributed by atoms with Crippen LogP contribution in [0.25, 0.3) is 0 Å². The van der Waals surface area contributed by atoms with Crippen molar-refractivity contribution in [3.05, 3.63) is 101 Å². The number of hydrogen-bond donors (Lipinski definition) is 0. The van der Waals surface area contributed by atoms with Crippen molar-refractivity contribution in [3.63, 3.8) is 0 Å². The van der Waals surface area contributed by atoms with Gasteiger partial charge < -0.3 is 19.1 Å². The molecule has 0 saturated carbocycles. The number of aliphatic imine (C=N–C) groups is 1. The molecule has 0 saturated heterocycles. The van der Waals surface area contributed by atoms with Crippen molar-refractivity contribution in [2.45, 2.75) is 51.9 Å². The largest absolute Gasteiger partial charge is 0.468 e. The summed E-state index contributed by atoms with van der Waals surface area (Å²) in [5, 5.41) is 0. The fourth-order valence-corrected chi connectivity index (χ4v) is 5.09. The van der Waals surface area contributed by atoms with Gasteiger partial charge in [-0.15, -0.1) is 0 Å². The van der Waals surface area contributed by atoms with Crippen molar-refractivity contribution in [3.8, 4) is 5.75 Å². The lowest BCUT2D eigenvalue weighted by atomic mass is 9.85. The minimum Gasteiger partial charge on any atom is -0.468 e. The Bertz CT molecular complexity index is 1260. The van der Waals surface area contributed by atoms with Crippen LogP contribution in [0.15, 0.2) is 77.8 Å². The standard InChI is InChI=1S/C31H34N2O4/c1-3-30-28-12-8-7-11-27(28)29(18-32-30)22(2)36-21-37-26-14-13-24-15-16-33(19-25(24)17-26)31(34)35-20-23-9-5-4-6-10-23/h4-14,17,22,29H,3,15-16,18-21H2,1-2H3. The fraction of sp³-hybridized carbons (Fsp3) is 0.355. The summed E-state index contributed by atoms with van der Waals surface area (Å²) in [5.41, 5.74) is 7.00. The molecule has 3 aromatic carbocycles. The van der Waals surface area contributed by atoms with E-state index >= 15 is 0 Å². The summed E-state index contributed by atoms with van der Waals surface area (Å²) >= 11 is 0. The van der Waals surface area contributed by atoms with E-state index in [-0.39, 0.29) is 31.5 Å². The lowest BCUT2D eigenvalue weighted by Gasteiger charge is -2.29. The van der Waals surface area contributed by atoms with Gasteiger partial charge in [0.25, 0.3) is 0 Å². The number of ether oxygens (including phenoxy) is 3. The minimum absolute atomic E-state index is 0.0317. The maximum absolute atomic E-state index is 12.6. The van der Waals surface area contributed by atoms with Crippen LogP contribution < -0.4 is 4.74 Å². The van der Waals surface area contributed by atoms with Crippen LogP contribution >= 0.6 is 0 Å². The van der Waals surface area contributed by atoms with Gasteiger partial charge in [-0.2, -0.15) is 0 Å². The van der Waals surface area contributed by atoms with Gasteiger partial charge in [0.2, 0.25) is 0 Å². The molecule has 0 N–H and O–H groups in total. The molecule has 2 atom stereocenters. The Labute approximate surface area is 218 Å². The molecule has 6 heteroatoms. The van der Waals surface area contributed by atoms with Crippen molar-refractivity contribution in [1.29, 1.82) is 0 Å². The quantitative estimate of drug-likeness (QED) is 0.351. The molecule has 0 spiro atoms. The Hall–Kier alpha value is -3.64. The van der Waals surface area contributed by atoms with Gasteiger partial charge in [-0.25, -0.2) is 4.79 Å². The monoisotopic (exact) mass is 498 g/mol. The highest BCUT2D eigenvalue weighted by Crippen LogP contribution is 2.31. The Kier molecular flexibility index (Phi) is 7.85. The van der Waals surface area contributed by atoms with Gasteiger partial charge in [0.1, 0.15) is 12.4 Å². The Morgan fingerprint density at radius 2 is 1.86 bits per heavy atom. The fourth-order valence-electron chi connectivity index (χ4n) is 5.09. The first-order chi connectivity index (χ1) is 18.1. The zero-order valence-corrected chi connectivity index (χ0v) is 21.6. The Morgan fingerprint density at radius 3 is 2.70 bits per heavy atom. The molecule has 37 heavy (non-hydrogen) atoms. The molecular weight excluding hydrogens is 464 g/mol. The van der Waals surface area contributed by atoms with E-state index in [2.05, 4.69) is 44.2 Å². The van der Waals surface area contributed by atoms with Crippen molar-refractivity contribution in [2.24, 2.45) is 4.99 Å². The maximum atomic E-state index is 12.6. The zero-order valence-electron chi connectivity index (χ0n) is 21.6. The van der Waals surface area contributed by atoms with E-state index < -0.39 is 0 Å². The predicted molar refractivity (Wildman–Crippen MR) is 144 cm³/mol. The van der Waals surface area contributed by atoms with Crippen LogP contribution in [-0.4, -0.2) is 42.7 Å². The van der Waals surface area contributed by atoms with Crippen LogP contribution in [0, 0.1) is 0 Å². The van der Waals surface area contributed by atoms with E-state index in [1.165, 1.54) is 22.4 Å². The number of fused-ring (bicyclic) bond motifs is 2. The number of benzene rings is 3. The third-order valence-electron chi connectivity index (χ3n) is 7.26. The number of amides is 1. The summed E-state index contributed by atoms with van der Waals surface area (Å²) in [6.45, 7) is 6.55. The summed E-state index contributed by atoms with van der Waals surface area (Å²) in [6.07, 6.45) is 1.41. The molecule has 0 aliphatic carbocycles. The second-order valence-electron chi connectivity index (χ2n) is 9.61. The first-order valence-electron chi connectivity index (χ1n) is 13.1. The lowest BCUT2D eigenvalue weighted by molar-refractivity contribution is -0.0380. The van der Waals surface area contributed by atoms with Crippen LogP contribution in [0.1, 0.15) is 54.0 Å². The highest BCUT2D eigenvalue weighted by molar-refractivity contribution is 6.02. The van der Waals surface area contributed by atoms with Crippen molar-refractivity contribution < 1.29 is 19.0 Å². The van der Waals surface area contributed by atoms with E-state index in [1.54, 1.807) is 4.90 Å². The van der Waals surface area contributed by atoms with Crippen LogP contribution in [0.2, 0.25) is 0 Å². The first kappa shape index (κ1) is 25.0. The Morgan fingerprint density at radius 1 is 1.05 bits per heavy atom. The van der Waals surface area contributed by atoms with Crippen LogP contribution in [-0.2, 0) is 29.0 Å². The van der Waals surface area contributed by atoms with Crippen molar-refractivity contribution >= 4 is 11.8 Å². The first-order valence-corrected chi connectivity index (χ1v) is 13.1. The average Bonchev–Trinajstić information content (AvgIpc) is 2.95. The molecule has 2 aliphatic heterocycles. The summed E-state index contributed by atoms with van der Waals surface area (Å²) < 4.78 is 17.6. The van der Waals surface area contributed by atoms with E-state index in [9.17, 15) is 4.79 Å². The molecule has 0 aromatic heterocycles. The van der Waals surface area contributed by atoms with Crippen molar-refractivity contribution in [2.75, 3.05) is 19.9 Å². The van der Waals surface area contributed by atoms with Gasteiger partial charge in [-0.05, 0) is 59.7 Å². The van der Waals surface area contributed by atoms with E-state index in [0.717, 1.165) is 36.3 Å². The van der Waals surface area contributed by atoms with Gasteiger partial charge >= 0.3 is 6.09 Å². The lowest BCUT2D eigenvalue weighted by Crippen LogP contribution is -2.36. The molecule has 2 heterocycles.